The summed E-state index contributed by atoms with van der Waals surface area (Å²) >= 11 is 0. The molecule has 3 heterocycles. The number of aromatic nitrogens is 4. The van der Waals surface area contributed by atoms with Gasteiger partial charge in [-0.3, -0.25) is 9.97 Å². The van der Waals surface area contributed by atoms with Gasteiger partial charge in [-0.15, -0.1) is 0 Å². The van der Waals surface area contributed by atoms with Gasteiger partial charge in [0.25, 0.3) is 0 Å². The molecule has 4 heteroatoms. The fourth-order valence-corrected chi connectivity index (χ4v) is 4.03. The van der Waals surface area contributed by atoms with Crippen molar-refractivity contribution in [2.24, 2.45) is 0 Å². The Morgan fingerprint density at radius 1 is 0.600 bits per heavy atom. The van der Waals surface area contributed by atoms with Crippen LogP contribution in [0.4, 0.5) is 0 Å². The van der Waals surface area contributed by atoms with E-state index in [4.69, 9.17) is 4.98 Å². The molecule has 0 spiro atoms. The molecule has 0 unspecified atom stereocenters. The van der Waals surface area contributed by atoms with Crippen LogP contribution >= 0.6 is 0 Å². The SMILES string of the molecule is [c]1nc(-c2nccc3ccccc23)c2c(-c3ccc4ncccc4c3)cccc2n1. The summed E-state index contributed by atoms with van der Waals surface area (Å²) in [5.41, 5.74) is 5.61. The lowest BCUT2D eigenvalue weighted by Crippen LogP contribution is -1.95. The van der Waals surface area contributed by atoms with E-state index < -0.39 is 0 Å². The minimum absolute atomic E-state index is 0.790. The molecule has 0 aliphatic carbocycles. The Bertz CT molecular complexity index is 1550. The van der Waals surface area contributed by atoms with Gasteiger partial charge in [0.2, 0.25) is 0 Å². The van der Waals surface area contributed by atoms with Crippen LogP contribution in [0.1, 0.15) is 0 Å². The minimum atomic E-state index is 0.790. The number of nitrogens with zero attached hydrogens (tertiary/aromatic N) is 4. The Balaban J connectivity index is 1.69. The monoisotopic (exact) mass is 383 g/mol. The predicted octanol–water partition coefficient (Wildman–Crippen LogP) is 5.86. The second kappa shape index (κ2) is 6.71. The molecule has 0 N–H and O–H groups in total. The van der Waals surface area contributed by atoms with Crippen LogP contribution in [0.3, 0.4) is 0 Å². The topological polar surface area (TPSA) is 51.6 Å². The Hall–Kier alpha value is -4.18. The third kappa shape index (κ3) is 2.62. The summed E-state index contributed by atoms with van der Waals surface area (Å²) < 4.78 is 0. The molecule has 0 saturated carbocycles. The number of fused-ring (bicyclic) bond motifs is 3. The van der Waals surface area contributed by atoms with Crippen LogP contribution in [-0.2, 0) is 0 Å². The second-order valence-corrected chi connectivity index (χ2v) is 7.16. The molecule has 1 radical (unpaired) electrons. The highest BCUT2D eigenvalue weighted by molar-refractivity contribution is 6.07. The standard InChI is InChI=1S/C26H15N4/c1-2-7-21-17(5-1)12-14-28-25(21)26-24-20(8-3-9-23(24)29-16-30-26)18-10-11-22-19(15-18)6-4-13-27-22/h1-15H. The van der Waals surface area contributed by atoms with Gasteiger partial charge in [0.05, 0.1) is 16.7 Å². The van der Waals surface area contributed by atoms with Crippen molar-refractivity contribution >= 4 is 32.6 Å². The van der Waals surface area contributed by atoms with Crippen LogP contribution in [0.15, 0.2) is 91.3 Å². The van der Waals surface area contributed by atoms with E-state index >= 15 is 0 Å². The fraction of sp³-hybridized carbons (Fsp3) is 0. The highest BCUT2D eigenvalue weighted by Gasteiger charge is 2.15. The van der Waals surface area contributed by atoms with Crippen LogP contribution in [-0.4, -0.2) is 19.9 Å². The molecule has 0 aliphatic rings. The zero-order chi connectivity index (χ0) is 19.9. The van der Waals surface area contributed by atoms with E-state index in [1.165, 1.54) is 0 Å². The first-order valence-electron chi connectivity index (χ1n) is 9.74. The average Bonchev–Trinajstić information content (AvgIpc) is 2.82. The van der Waals surface area contributed by atoms with Crippen LogP contribution in [0.5, 0.6) is 0 Å². The Kier molecular flexibility index (Phi) is 3.74. The molecule has 3 aromatic heterocycles. The number of hydrogen-bond donors (Lipinski definition) is 0. The van der Waals surface area contributed by atoms with Gasteiger partial charge in [0.15, 0.2) is 6.33 Å². The lowest BCUT2D eigenvalue weighted by Gasteiger charge is -2.12. The first-order valence-corrected chi connectivity index (χ1v) is 9.74. The van der Waals surface area contributed by atoms with Crippen molar-refractivity contribution in [1.29, 1.82) is 0 Å². The van der Waals surface area contributed by atoms with Crippen molar-refractivity contribution in [3.63, 3.8) is 0 Å². The molecule has 0 amide bonds. The molecule has 6 rings (SSSR count). The van der Waals surface area contributed by atoms with Crippen LogP contribution in [0.25, 0.3) is 55.1 Å². The van der Waals surface area contributed by atoms with Gasteiger partial charge in [0, 0.05) is 28.6 Å². The molecular formula is C26H15N4. The Morgan fingerprint density at radius 2 is 1.53 bits per heavy atom. The molecule has 4 nitrogen and oxygen atoms in total. The third-order valence-electron chi connectivity index (χ3n) is 5.42. The Labute approximate surface area is 172 Å². The third-order valence-corrected chi connectivity index (χ3v) is 5.42. The normalized spacial score (nSPS) is 11.3. The maximum atomic E-state index is 4.69. The maximum absolute atomic E-state index is 4.69. The summed E-state index contributed by atoms with van der Waals surface area (Å²) in [4.78, 5) is 18.1. The Morgan fingerprint density at radius 3 is 2.53 bits per heavy atom. The quantitative estimate of drug-likeness (QED) is 0.376. The summed E-state index contributed by atoms with van der Waals surface area (Å²) in [7, 11) is 0. The molecule has 0 bridgehead atoms. The van der Waals surface area contributed by atoms with Gasteiger partial charge in [-0.1, -0.05) is 48.5 Å². The first kappa shape index (κ1) is 16.7. The lowest BCUT2D eigenvalue weighted by molar-refractivity contribution is 1.19. The largest absolute Gasteiger partial charge is 0.256 e. The highest BCUT2D eigenvalue weighted by Crippen LogP contribution is 2.36. The smallest absolute Gasteiger partial charge is 0.199 e. The molecule has 30 heavy (non-hydrogen) atoms. The second-order valence-electron chi connectivity index (χ2n) is 7.16. The van der Waals surface area contributed by atoms with Gasteiger partial charge in [0.1, 0.15) is 5.69 Å². The van der Waals surface area contributed by atoms with E-state index in [2.05, 4.69) is 63.7 Å². The van der Waals surface area contributed by atoms with E-state index in [0.29, 0.717) is 0 Å². The molecular weight excluding hydrogens is 368 g/mol. The number of rotatable bonds is 2. The molecule has 139 valence electrons. The summed E-state index contributed by atoms with van der Waals surface area (Å²) in [6, 6.07) is 26.7. The van der Waals surface area contributed by atoms with Gasteiger partial charge in [-0.05, 0) is 46.8 Å². The zero-order valence-electron chi connectivity index (χ0n) is 15.9. The molecule has 3 aromatic carbocycles. The molecule has 6 aromatic rings. The van der Waals surface area contributed by atoms with E-state index in [0.717, 1.165) is 55.1 Å². The van der Waals surface area contributed by atoms with Crippen molar-refractivity contribution < 1.29 is 0 Å². The number of benzene rings is 3. The lowest BCUT2D eigenvalue weighted by atomic mass is 9.96. The number of hydrogen-bond acceptors (Lipinski definition) is 4. The molecule has 0 atom stereocenters. The van der Waals surface area contributed by atoms with Gasteiger partial charge in [-0.25, -0.2) is 9.97 Å². The van der Waals surface area contributed by atoms with Crippen molar-refractivity contribution in [2.75, 3.05) is 0 Å². The van der Waals surface area contributed by atoms with Crippen LogP contribution in [0, 0.1) is 6.33 Å². The van der Waals surface area contributed by atoms with Gasteiger partial charge < -0.3 is 0 Å². The summed E-state index contributed by atoms with van der Waals surface area (Å²) in [5, 5.41) is 4.26. The zero-order valence-corrected chi connectivity index (χ0v) is 15.9. The van der Waals surface area contributed by atoms with E-state index in [1.807, 2.05) is 48.8 Å². The van der Waals surface area contributed by atoms with Crippen LogP contribution < -0.4 is 0 Å². The van der Waals surface area contributed by atoms with Crippen molar-refractivity contribution in [2.45, 2.75) is 0 Å². The predicted molar refractivity (Wildman–Crippen MR) is 120 cm³/mol. The summed E-state index contributed by atoms with van der Waals surface area (Å²) in [5.74, 6) is 0. The first-order chi connectivity index (χ1) is 14.9. The molecule has 0 saturated heterocycles. The maximum Gasteiger partial charge on any atom is 0.199 e. The van der Waals surface area contributed by atoms with Crippen molar-refractivity contribution in [3.05, 3.63) is 97.6 Å². The fourth-order valence-electron chi connectivity index (χ4n) is 4.03. The van der Waals surface area contributed by atoms with E-state index in [-0.39, 0.29) is 0 Å². The van der Waals surface area contributed by atoms with Crippen molar-refractivity contribution in [3.8, 4) is 22.5 Å². The average molecular weight is 383 g/mol. The van der Waals surface area contributed by atoms with Crippen LogP contribution in [0.2, 0.25) is 0 Å². The number of pyridine rings is 2. The van der Waals surface area contributed by atoms with E-state index in [9.17, 15) is 0 Å². The molecule has 0 aliphatic heterocycles. The van der Waals surface area contributed by atoms with Crippen molar-refractivity contribution in [1.82, 2.24) is 19.9 Å². The molecule has 0 fully saturated rings. The van der Waals surface area contributed by atoms with Gasteiger partial charge >= 0.3 is 0 Å². The minimum Gasteiger partial charge on any atom is -0.256 e. The van der Waals surface area contributed by atoms with Gasteiger partial charge in [-0.2, -0.15) is 0 Å². The summed E-state index contributed by atoms with van der Waals surface area (Å²) in [6.07, 6.45) is 6.47. The highest BCUT2D eigenvalue weighted by atomic mass is 14.9. The summed E-state index contributed by atoms with van der Waals surface area (Å²) in [6.45, 7) is 0. The van der Waals surface area contributed by atoms with E-state index in [1.54, 1.807) is 0 Å².